The zero-order chi connectivity index (χ0) is 21.1. The van der Waals surface area contributed by atoms with Gasteiger partial charge in [-0.05, 0) is 24.3 Å². The minimum Gasteiger partial charge on any atom is -0.388 e. The molecule has 1 saturated heterocycles. The molecule has 0 radical (unpaired) electrons. The molecule has 1 fully saturated rings. The third-order valence-electron chi connectivity index (χ3n) is 4.80. The molecule has 1 aliphatic rings. The number of hydrogen-bond acceptors (Lipinski definition) is 8. The molecule has 0 saturated carbocycles. The van der Waals surface area contributed by atoms with Crippen molar-refractivity contribution in [2.24, 2.45) is 0 Å². The lowest BCUT2D eigenvalue weighted by Crippen LogP contribution is -2.34. The lowest BCUT2D eigenvalue weighted by molar-refractivity contribution is 0.0602. The molecular weight excluding hydrogens is 429 g/mol. The van der Waals surface area contributed by atoms with Gasteiger partial charge in [-0.25, -0.2) is 0 Å². The summed E-state index contributed by atoms with van der Waals surface area (Å²) in [5.74, 6) is 7.35. The molecule has 0 aliphatic carbocycles. The van der Waals surface area contributed by atoms with Gasteiger partial charge in [0.15, 0.2) is 17.3 Å². The number of rotatable bonds is 4. The summed E-state index contributed by atoms with van der Waals surface area (Å²) in [6.45, 7) is 0.909. The van der Waals surface area contributed by atoms with Gasteiger partial charge in [0.1, 0.15) is 12.2 Å². The first-order chi connectivity index (χ1) is 14.5. The topological polar surface area (TPSA) is 97.4 Å². The van der Waals surface area contributed by atoms with Crippen LogP contribution in [0.3, 0.4) is 0 Å². The van der Waals surface area contributed by atoms with E-state index >= 15 is 0 Å². The molecule has 0 bridgehead atoms. The number of benzene rings is 1. The smallest absolute Gasteiger partial charge is 0.278 e. The monoisotopic (exact) mass is 445 g/mol. The largest absolute Gasteiger partial charge is 0.388 e. The van der Waals surface area contributed by atoms with Crippen molar-refractivity contribution >= 4 is 29.0 Å². The minimum absolute atomic E-state index is 0.192. The normalized spacial score (nSPS) is 18.3. The predicted molar refractivity (Wildman–Crippen MR) is 111 cm³/mol. The third kappa shape index (κ3) is 4.11. The van der Waals surface area contributed by atoms with Gasteiger partial charge >= 0.3 is 0 Å². The molecule has 1 atom stereocenters. The van der Waals surface area contributed by atoms with Gasteiger partial charge in [0.2, 0.25) is 0 Å². The van der Waals surface area contributed by atoms with E-state index in [9.17, 15) is 0 Å². The number of aliphatic hydroxyl groups is 1. The predicted octanol–water partition coefficient (Wildman–Crippen LogP) is 2.97. The van der Waals surface area contributed by atoms with E-state index in [4.69, 9.17) is 37.6 Å². The average molecular weight is 446 g/mol. The maximum Gasteiger partial charge on any atom is 0.278 e. The molecule has 30 heavy (non-hydrogen) atoms. The molecule has 1 aliphatic heterocycles. The second-order valence-electron chi connectivity index (χ2n) is 6.67. The van der Waals surface area contributed by atoms with Gasteiger partial charge in [-0.3, -0.25) is 0 Å². The third-order valence-corrected chi connectivity index (χ3v) is 5.43. The van der Waals surface area contributed by atoms with Gasteiger partial charge < -0.3 is 19.3 Å². The number of nitrogens with zero attached hydrogens (tertiary/aromatic N) is 5. The quantitative estimate of drug-likeness (QED) is 0.611. The molecular formula is C20H17Cl2N5O3. The second kappa shape index (κ2) is 8.58. The maximum absolute atomic E-state index is 9.04. The second-order valence-corrected chi connectivity index (χ2v) is 7.48. The highest BCUT2D eigenvalue weighted by Gasteiger charge is 2.37. The number of hydrogen-bond donors (Lipinski definition) is 1. The number of methoxy groups -OCH3 is 1. The average Bonchev–Trinajstić information content (AvgIpc) is 3.42. The Morgan fingerprint density at radius 2 is 2.03 bits per heavy atom. The van der Waals surface area contributed by atoms with Gasteiger partial charge in [0.05, 0.1) is 22.2 Å². The van der Waals surface area contributed by atoms with E-state index in [1.54, 1.807) is 31.4 Å². The lowest BCUT2D eigenvalue weighted by Gasteiger charge is -2.22. The molecule has 0 amide bonds. The van der Waals surface area contributed by atoms with Gasteiger partial charge in [0.25, 0.3) is 5.89 Å². The van der Waals surface area contributed by atoms with Crippen LogP contribution in [0.1, 0.15) is 17.8 Å². The highest BCUT2D eigenvalue weighted by atomic mass is 35.5. The molecule has 154 valence electrons. The summed E-state index contributed by atoms with van der Waals surface area (Å²) >= 11 is 12.4. The van der Waals surface area contributed by atoms with Crippen LogP contribution in [0.2, 0.25) is 10.0 Å². The Morgan fingerprint density at radius 3 is 2.67 bits per heavy atom. The molecule has 3 heterocycles. The van der Waals surface area contributed by atoms with Crippen LogP contribution in [0, 0.1) is 11.8 Å². The molecule has 1 unspecified atom stereocenters. The fourth-order valence-corrected chi connectivity index (χ4v) is 3.61. The summed E-state index contributed by atoms with van der Waals surface area (Å²) in [5, 5.41) is 22.1. The highest BCUT2D eigenvalue weighted by molar-refractivity contribution is 6.36. The SMILES string of the molecule is COC1(C#Cc2c(Cl)cccc2Cl)CCN(c2ccc(-c3nc(CO)no3)nn2)C1. The van der Waals surface area contributed by atoms with E-state index in [1.807, 2.05) is 11.0 Å². The van der Waals surface area contributed by atoms with E-state index in [1.165, 1.54) is 0 Å². The van der Waals surface area contributed by atoms with Gasteiger partial charge in [-0.1, -0.05) is 46.3 Å². The molecule has 4 rings (SSSR count). The van der Waals surface area contributed by atoms with Gasteiger partial charge in [0, 0.05) is 20.1 Å². The lowest BCUT2D eigenvalue weighted by atomic mass is 10.0. The molecule has 10 heteroatoms. The van der Waals surface area contributed by atoms with Crippen molar-refractivity contribution < 1.29 is 14.4 Å². The van der Waals surface area contributed by atoms with Crippen LogP contribution < -0.4 is 4.90 Å². The zero-order valence-electron chi connectivity index (χ0n) is 16.0. The molecule has 2 aromatic heterocycles. The van der Waals surface area contributed by atoms with E-state index in [-0.39, 0.29) is 18.3 Å². The molecule has 1 aromatic carbocycles. The minimum atomic E-state index is -0.675. The summed E-state index contributed by atoms with van der Waals surface area (Å²) in [4.78, 5) is 6.06. The number of anilines is 1. The molecule has 3 aromatic rings. The van der Waals surface area contributed by atoms with Crippen LogP contribution in [0.4, 0.5) is 5.82 Å². The Kier molecular flexibility index (Phi) is 5.88. The number of aromatic nitrogens is 4. The number of ether oxygens (including phenoxy) is 1. The van der Waals surface area contributed by atoms with E-state index in [0.29, 0.717) is 46.6 Å². The summed E-state index contributed by atoms with van der Waals surface area (Å²) < 4.78 is 10.8. The van der Waals surface area contributed by atoms with Crippen molar-refractivity contribution in [3.63, 3.8) is 0 Å². The Bertz CT molecular complexity index is 1090. The maximum atomic E-state index is 9.04. The summed E-state index contributed by atoms with van der Waals surface area (Å²) in [6, 6.07) is 8.83. The first kappa shape index (κ1) is 20.6. The van der Waals surface area contributed by atoms with E-state index < -0.39 is 5.60 Å². The van der Waals surface area contributed by atoms with Crippen molar-refractivity contribution in [2.75, 3.05) is 25.1 Å². The zero-order valence-corrected chi connectivity index (χ0v) is 17.5. The number of aliphatic hydroxyl groups excluding tert-OH is 1. The van der Waals surface area contributed by atoms with Crippen molar-refractivity contribution in [3.05, 3.63) is 51.8 Å². The molecule has 1 N–H and O–H groups in total. The summed E-state index contributed by atoms with van der Waals surface area (Å²) in [6.07, 6.45) is 0.686. The Morgan fingerprint density at radius 1 is 1.23 bits per heavy atom. The first-order valence-corrected chi connectivity index (χ1v) is 9.84. The van der Waals surface area contributed by atoms with Crippen LogP contribution in [-0.4, -0.2) is 51.2 Å². The Balaban J connectivity index is 1.52. The fraction of sp³-hybridized carbons (Fsp3) is 0.300. The van der Waals surface area contributed by atoms with Crippen molar-refractivity contribution in [2.45, 2.75) is 18.6 Å². The summed E-state index contributed by atoms with van der Waals surface area (Å²) in [5.41, 5.74) is 0.337. The van der Waals surface area contributed by atoms with Crippen LogP contribution in [0.25, 0.3) is 11.6 Å². The highest BCUT2D eigenvalue weighted by Crippen LogP contribution is 2.29. The van der Waals surface area contributed by atoms with Crippen LogP contribution in [0.5, 0.6) is 0 Å². The van der Waals surface area contributed by atoms with Crippen LogP contribution >= 0.6 is 23.2 Å². The van der Waals surface area contributed by atoms with Crippen LogP contribution in [0.15, 0.2) is 34.9 Å². The van der Waals surface area contributed by atoms with Crippen molar-refractivity contribution in [1.29, 1.82) is 0 Å². The summed E-state index contributed by atoms with van der Waals surface area (Å²) in [7, 11) is 1.63. The van der Waals surface area contributed by atoms with Crippen molar-refractivity contribution in [1.82, 2.24) is 20.3 Å². The van der Waals surface area contributed by atoms with Gasteiger partial charge in [-0.2, -0.15) is 4.98 Å². The number of halogens is 2. The van der Waals surface area contributed by atoms with Crippen LogP contribution in [-0.2, 0) is 11.3 Å². The Labute approximate surface area is 182 Å². The Hall–Kier alpha value is -2.70. The first-order valence-electron chi connectivity index (χ1n) is 9.08. The standard InChI is InChI=1S/C20H17Cl2N5O3/c1-29-20(8-7-13-14(21)3-2-4-15(13)22)9-10-27(12-20)18-6-5-16(24-25-18)19-23-17(11-28)26-30-19/h2-6,28H,9-12H2,1H3. The van der Waals surface area contributed by atoms with E-state index in [2.05, 4.69) is 32.2 Å². The molecule has 0 spiro atoms. The molecule has 8 nitrogen and oxygen atoms in total. The van der Waals surface area contributed by atoms with E-state index in [0.717, 1.165) is 0 Å². The fourth-order valence-electron chi connectivity index (χ4n) is 3.12. The van der Waals surface area contributed by atoms with Crippen molar-refractivity contribution in [3.8, 4) is 23.4 Å². The van der Waals surface area contributed by atoms with Gasteiger partial charge in [-0.15, -0.1) is 10.2 Å².